The van der Waals surface area contributed by atoms with Crippen LogP contribution in [-0.4, -0.2) is 6.16 Å². The molecule has 0 amide bonds. The standard InChI is InChI=1S/C23H40P2/c1-20(2,3)15-24-25-19-17(22(7,8)9)13-16(21(4,5)6)14-18(19)23(10,11)12/h13-14H,15H2,1-12H3. The van der Waals surface area contributed by atoms with Crippen LogP contribution in [0.15, 0.2) is 12.1 Å². The van der Waals surface area contributed by atoms with Crippen LogP contribution in [0.2, 0.25) is 0 Å². The summed E-state index contributed by atoms with van der Waals surface area (Å²) in [6.07, 6.45) is 1.24. The van der Waals surface area contributed by atoms with Crippen molar-refractivity contribution in [3.8, 4) is 0 Å². The largest absolute Gasteiger partial charge is 0.0703 e. The lowest BCUT2D eigenvalue weighted by Gasteiger charge is -2.32. The van der Waals surface area contributed by atoms with Gasteiger partial charge in [-0.05, 0) is 52.4 Å². The van der Waals surface area contributed by atoms with Gasteiger partial charge in [0.25, 0.3) is 0 Å². The van der Waals surface area contributed by atoms with Gasteiger partial charge >= 0.3 is 0 Å². The van der Waals surface area contributed by atoms with Crippen molar-refractivity contribution in [2.45, 2.75) is 99.3 Å². The second-order valence-corrected chi connectivity index (χ2v) is 14.3. The van der Waals surface area contributed by atoms with Gasteiger partial charge in [-0.1, -0.05) is 103 Å². The van der Waals surface area contributed by atoms with Gasteiger partial charge in [-0.3, -0.25) is 0 Å². The summed E-state index contributed by atoms with van der Waals surface area (Å²) in [7, 11) is 2.97. The average Bonchev–Trinajstić information content (AvgIpc) is 2.33. The SMILES string of the molecule is CC(C)(C)CP=Pc1c(C(C)(C)C)cc(C(C)(C)C)cc1C(C)(C)C. The van der Waals surface area contributed by atoms with Crippen LogP contribution in [0.3, 0.4) is 0 Å². The van der Waals surface area contributed by atoms with E-state index in [1.807, 2.05) is 0 Å². The molecule has 0 unspecified atom stereocenters. The van der Waals surface area contributed by atoms with Crippen molar-refractivity contribution in [1.82, 2.24) is 0 Å². The van der Waals surface area contributed by atoms with Crippen molar-refractivity contribution in [3.05, 3.63) is 28.8 Å². The van der Waals surface area contributed by atoms with Gasteiger partial charge in [0.05, 0.1) is 0 Å². The lowest BCUT2D eigenvalue weighted by molar-refractivity contribution is 0.480. The first-order valence-corrected chi connectivity index (χ1v) is 12.2. The molecule has 1 aromatic rings. The Bertz CT molecular complexity index is 589. The van der Waals surface area contributed by atoms with Gasteiger partial charge in [0, 0.05) is 5.30 Å². The minimum Gasteiger partial charge on any atom is -0.0703 e. The first-order chi connectivity index (χ1) is 10.9. The molecular weight excluding hydrogens is 338 g/mol. The molecule has 1 aromatic carbocycles. The van der Waals surface area contributed by atoms with Crippen molar-refractivity contribution in [3.63, 3.8) is 0 Å². The molecule has 0 aliphatic heterocycles. The van der Waals surface area contributed by atoms with E-state index < -0.39 is 0 Å². The monoisotopic (exact) mass is 378 g/mol. The minimum atomic E-state index is 0.168. The maximum atomic E-state index is 2.49. The van der Waals surface area contributed by atoms with E-state index in [9.17, 15) is 0 Å². The summed E-state index contributed by atoms with van der Waals surface area (Å²) >= 11 is 0. The summed E-state index contributed by atoms with van der Waals surface area (Å²) < 4.78 is 0. The Morgan fingerprint density at radius 1 is 0.640 bits per heavy atom. The Kier molecular flexibility index (Phi) is 6.81. The van der Waals surface area contributed by atoms with E-state index >= 15 is 0 Å². The summed E-state index contributed by atoms with van der Waals surface area (Å²) in [5.74, 6) is 0. The molecule has 0 heterocycles. The van der Waals surface area contributed by atoms with Gasteiger partial charge in [0.15, 0.2) is 0 Å². The highest BCUT2D eigenvalue weighted by atomic mass is 31.7. The van der Waals surface area contributed by atoms with Crippen LogP contribution in [0.4, 0.5) is 0 Å². The highest BCUT2D eigenvalue weighted by molar-refractivity contribution is 7.87. The predicted molar refractivity (Wildman–Crippen MR) is 120 cm³/mol. The molecule has 142 valence electrons. The van der Waals surface area contributed by atoms with E-state index in [2.05, 4.69) is 95.2 Å². The van der Waals surface area contributed by atoms with Crippen molar-refractivity contribution in [2.75, 3.05) is 6.16 Å². The van der Waals surface area contributed by atoms with Crippen LogP contribution in [-0.2, 0) is 16.2 Å². The van der Waals surface area contributed by atoms with Gasteiger partial charge in [-0.15, -0.1) is 0 Å². The Morgan fingerprint density at radius 2 is 1.04 bits per heavy atom. The summed E-state index contributed by atoms with van der Waals surface area (Å²) in [6.45, 7) is 28.2. The third-order valence-electron chi connectivity index (χ3n) is 4.31. The highest BCUT2D eigenvalue weighted by Gasteiger charge is 2.28. The summed E-state index contributed by atoms with van der Waals surface area (Å²) in [4.78, 5) is 0. The van der Waals surface area contributed by atoms with Gasteiger partial charge < -0.3 is 0 Å². The maximum absolute atomic E-state index is 2.49. The summed E-state index contributed by atoms with van der Waals surface area (Å²) in [5, 5.41) is 1.57. The summed E-state index contributed by atoms with van der Waals surface area (Å²) in [5.41, 5.74) is 5.44. The molecule has 0 saturated heterocycles. The zero-order valence-electron chi connectivity index (χ0n) is 18.8. The second kappa shape index (κ2) is 7.44. The first kappa shape index (κ1) is 22.9. The third kappa shape index (κ3) is 6.81. The molecule has 2 heteroatoms. The Labute approximate surface area is 161 Å². The molecule has 0 aromatic heterocycles. The van der Waals surface area contributed by atoms with Crippen LogP contribution in [0.5, 0.6) is 0 Å². The Hall–Kier alpha value is -0.180. The second-order valence-electron chi connectivity index (χ2n) is 11.6. The van der Waals surface area contributed by atoms with Gasteiger partial charge in [0.2, 0.25) is 0 Å². The predicted octanol–water partition coefficient (Wildman–Crippen LogP) is 8.06. The fourth-order valence-corrected chi connectivity index (χ4v) is 6.84. The van der Waals surface area contributed by atoms with Gasteiger partial charge in [-0.2, -0.15) is 0 Å². The normalized spacial score (nSPS) is 14.4. The summed E-state index contributed by atoms with van der Waals surface area (Å²) in [6, 6.07) is 4.98. The van der Waals surface area contributed by atoms with Crippen LogP contribution < -0.4 is 5.30 Å². The van der Waals surface area contributed by atoms with Crippen molar-refractivity contribution >= 4 is 21.0 Å². The van der Waals surface area contributed by atoms with Crippen LogP contribution in [0.25, 0.3) is 0 Å². The average molecular weight is 379 g/mol. The number of rotatable bonds is 2. The molecule has 0 nitrogen and oxygen atoms in total. The zero-order chi connectivity index (χ0) is 19.8. The molecule has 0 spiro atoms. The number of hydrogen-bond acceptors (Lipinski definition) is 0. The molecular formula is C23H40P2. The molecule has 0 aliphatic carbocycles. The molecule has 0 radical (unpaired) electrons. The molecule has 0 atom stereocenters. The molecule has 0 N–H and O–H groups in total. The number of benzene rings is 1. The van der Waals surface area contributed by atoms with E-state index in [0.29, 0.717) is 5.41 Å². The van der Waals surface area contributed by atoms with E-state index in [-0.39, 0.29) is 16.2 Å². The smallest absolute Gasteiger partial charge is 0.0135 e. The molecule has 0 bridgehead atoms. The van der Waals surface area contributed by atoms with E-state index in [4.69, 9.17) is 0 Å². The lowest BCUT2D eigenvalue weighted by atomic mass is 9.75. The van der Waals surface area contributed by atoms with E-state index in [1.165, 1.54) is 38.6 Å². The topological polar surface area (TPSA) is 0 Å². The van der Waals surface area contributed by atoms with Crippen LogP contribution in [0, 0.1) is 5.41 Å². The van der Waals surface area contributed by atoms with Crippen molar-refractivity contribution in [2.24, 2.45) is 5.41 Å². The van der Waals surface area contributed by atoms with E-state index in [0.717, 1.165) is 0 Å². The van der Waals surface area contributed by atoms with Crippen LogP contribution >= 0.6 is 15.7 Å². The molecule has 25 heavy (non-hydrogen) atoms. The Balaban J connectivity index is 3.71. The Morgan fingerprint density at radius 3 is 1.32 bits per heavy atom. The van der Waals surface area contributed by atoms with Crippen molar-refractivity contribution in [1.29, 1.82) is 0 Å². The zero-order valence-corrected chi connectivity index (χ0v) is 20.5. The van der Waals surface area contributed by atoms with Crippen LogP contribution in [0.1, 0.15) is 99.8 Å². The molecule has 0 fully saturated rings. The maximum Gasteiger partial charge on any atom is 0.0135 e. The molecule has 0 saturated carbocycles. The third-order valence-corrected chi connectivity index (χ3v) is 7.67. The fourth-order valence-electron chi connectivity index (χ4n) is 2.64. The minimum absolute atomic E-state index is 0.168. The quantitative estimate of drug-likeness (QED) is 0.457. The van der Waals surface area contributed by atoms with Gasteiger partial charge in [-0.25, -0.2) is 0 Å². The highest BCUT2D eigenvalue weighted by Crippen LogP contribution is 2.37. The first-order valence-electron chi connectivity index (χ1n) is 9.50. The lowest BCUT2D eigenvalue weighted by Crippen LogP contribution is -2.29. The van der Waals surface area contributed by atoms with Crippen molar-refractivity contribution < 1.29 is 0 Å². The number of hydrogen-bond donors (Lipinski definition) is 0. The molecule has 1 rings (SSSR count). The molecule has 0 aliphatic rings. The van der Waals surface area contributed by atoms with Gasteiger partial charge in [0.1, 0.15) is 0 Å². The van der Waals surface area contributed by atoms with E-state index in [1.54, 1.807) is 5.30 Å². The fraction of sp³-hybridized carbons (Fsp3) is 0.739.